The van der Waals surface area contributed by atoms with Crippen LogP contribution in [0.25, 0.3) is 33.2 Å². The van der Waals surface area contributed by atoms with E-state index in [1.54, 1.807) is 18.2 Å². The Morgan fingerprint density at radius 2 is 1.76 bits per heavy atom. The van der Waals surface area contributed by atoms with Gasteiger partial charge in [-0.15, -0.1) is 0 Å². The minimum Gasteiger partial charge on any atom is -0.323 e. The van der Waals surface area contributed by atoms with E-state index in [0.717, 1.165) is 36.9 Å². The van der Waals surface area contributed by atoms with Crippen LogP contribution in [0, 0.1) is 0 Å². The first-order valence-corrected chi connectivity index (χ1v) is 10.8. The predicted octanol–water partition coefficient (Wildman–Crippen LogP) is 4.83. The SMILES string of the molecule is O=c1[nH][nH]c2ccc(-c3nc(Nc4n[nH]c5c4CCCC5)c4ccccc4n3)c(C(F)(F)F)c12. The summed E-state index contributed by atoms with van der Waals surface area (Å²) in [7, 11) is 0. The molecular formula is C23H18F3N7O. The molecule has 0 bridgehead atoms. The molecule has 0 aliphatic heterocycles. The Labute approximate surface area is 189 Å². The third-order valence-electron chi connectivity index (χ3n) is 6.16. The number of aromatic amines is 3. The Balaban J connectivity index is 1.57. The first kappa shape index (κ1) is 20.5. The fourth-order valence-corrected chi connectivity index (χ4v) is 4.60. The number of rotatable bonds is 3. The van der Waals surface area contributed by atoms with Gasteiger partial charge in [-0.05, 0) is 49.9 Å². The average Bonchev–Trinajstić information content (AvgIpc) is 3.41. The first-order chi connectivity index (χ1) is 16.4. The minimum absolute atomic E-state index is 0.0587. The molecule has 0 saturated carbocycles. The monoisotopic (exact) mass is 465 g/mol. The van der Waals surface area contributed by atoms with Crippen molar-refractivity contribution in [3.05, 3.63) is 63.6 Å². The van der Waals surface area contributed by atoms with Crippen molar-refractivity contribution in [3.63, 3.8) is 0 Å². The van der Waals surface area contributed by atoms with Crippen LogP contribution in [0.4, 0.5) is 24.8 Å². The smallest absolute Gasteiger partial charge is 0.323 e. The third kappa shape index (κ3) is 3.23. The number of fused-ring (bicyclic) bond motifs is 3. The molecule has 3 aromatic heterocycles. The molecule has 0 spiro atoms. The highest BCUT2D eigenvalue weighted by Gasteiger charge is 2.38. The van der Waals surface area contributed by atoms with E-state index in [-0.39, 0.29) is 16.9 Å². The summed E-state index contributed by atoms with van der Waals surface area (Å²) in [4.78, 5) is 21.1. The van der Waals surface area contributed by atoms with Crippen LogP contribution in [0.3, 0.4) is 0 Å². The second-order valence-corrected chi connectivity index (χ2v) is 8.26. The van der Waals surface area contributed by atoms with Gasteiger partial charge >= 0.3 is 6.18 Å². The van der Waals surface area contributed by atoms with Crippen LogP contribution in [0.5, 0.6) is 0 Å². The molecule has 2 aromatic carbocycles. The van der Waals surface area contributed by atoms with E-state index in [0.29, 0.717) is 22.5 Å². The summed E-state index contributed by atoms with van der Waals surface area (Å²) in [6.45, 7) is 0. The van der Waals surface area contributed by atoms with Crippen molar-refractivity contribution in [2.24, 2.45) is 0 Å². The average molecular weight is 465 g/mol. The Morgan fingerprint density at radius 1 is 0.941 bits per heavy atom. The zero-order valence-electron chi connectivity index (χ0n) is 17.7. The Hall–Kier alpha value is -4.15. The molecule has 0 atom stereocenters. The molecule has 0 saturated heterocycles. The molecule has 0 radical (unpaired) electrons. The standard InChI is InChI=1S/C23H18F3N7O/c24-23(25,26)18-13(9-10-16-17(18)22(34)33-31-16)20-27-14-7-3-1-5-11(14)19(28-20)29-21-12-6-2-4-8-15(12)30-32-21/h1,3,5,7,9-10H,2,4,6,8H2,(H2,31,33,34)(H2,27,28,29,30,32). The summed E-state index contributed by atoms with van der Waals surface area (Å²) in [5, 5.41) is 15.5. The summed E-state index contributed by atoms with van der Waals surface area (Å²) < 4.78 is 42.5. The van der Waals surface area contributed by atoms with Crippen LogP contribution < -0.4 is 10.9 Å². The summed E-state index contributed by atoms with van der Waals surface area (Å²) in [5.41, 5.74) is 0.440. The van der Waals surface area contributed by atoms with Gasteiger partial charge < -0.3 is 5.32 Å². The number of para-hydroxylation sites is 1. The van der Waals surface area contributed by atoms with Gasteiger partial charge in [0.1, 0.15) is 5.82 Å². The molecule has 0 unspecified atom stereocenters. The van der Waals surface area contributed by atoms with Crippen molar-refractivity contribution in [1.82, 2.24) is 30.4 Å². The lowest BCUT2D eigenvalue weighted by molar-refractivity contribution is -0.135. The third-order valence-corrected chi connectivity index (χ3v) is 6.16. The highest BCUT2D eigenvalue weighted by molar-refractivity contribution is 5.94. The van der Waals surface area contributed by atoms with Gasteiger partial charge in [0.05, 0.1) is 22.0 Å². The first-order valence-electron chi connectivity index (χ1n) is 10.8. The number of anilines is 2. The van der Waals surface area contributed by atoms with Gasteiger partial charge in [-0.1, -0.05) is 12.1 Å². The maximum Gasteiger partial charge on any atom is 0.417 e. The Morgan fingerprint density at radius 3 is 2.62 bits per heavy atom. The molecular weight excluding hydrogens is 447 g/mol. The van der Waals surface area contributed by atoms with Crippen LogP contribution in [0.15, 0.2) is 41.2 Å². The number of nitrogens with one attached hydrogen (secondary N) is 4. The van der Waals surface area contributed by atoms with Crippen LogP contribution in [0.2, 0.25) is 0 Å². The van der Waals surface area contributed by atoms with E-state index < -0.39 is 22.7 Å². The number of H-pyrrole nitrogens is 3. The van der Waals surface area contributed by atoms with E-state index in [2.05, 4.69) is 35.7 Å². The molecule has 0 fully saturated rings. The number of benzene rings is 2. The van der Waals surface area contributed by atoms with Gasteiger partial charge in [-0.25, -0.2) is 9.97 Å². The van der Waals surface area contributed by atoms with Crippen LogP contribution >= 0.6 is 0 Å². The van der Waals surface area contributed by atoms with E-state index >= 15 is 0 Å². The molecule has 0 amide bonds. The van der Waals surface area contributed by atoms with Crippen LogP contribution in [-0.2, 0) is 19.0 Å². The van der Waals surface area contributed by atoms with Crippen molar-refractivity contribution in [2.45, 2.75) is 31.9 Å². The van der Waals surface area contributed by atoms with Crippen molar-refractivity contribution < 1.29 is 13.2 Å². The summed E-state index contributed by atoms with van der Waals surface area (Å²) in [5.74, 6) is 0.815. The van der Waals surface area contributed by atoms with Crippen molar-refractivity contribution in [1.29, 1.82) is 0 Å². The molecule has 1 aliphatic carbocycles. The summed E-state index contributed by atoms with van der Waals surface area (Å²) in [6.07, 6.45) is -0.920. The molecule has 1 aliphatic rings. The van der Waals surface area contributed by atoms with Gasteiger partial charge in [-0.3, -0.25) is 20.1 Å². The van der Waals surface area contributed by atoms with Gasteiger partial charge in [0.2, 0.25) is 0 Å². The van der Waals surface area contributed by atoms with Gasteiger partial charge in [-0.2, -0.15) is 18.3 Å². The van der Waals surface area contributed by atoms with Gasteiger partial charge in [0.25, 0.3) is 5.56 Å². The lowest BCUT2D eigenvalue weighted by Gasteiger charge is -2.16. The summed E-state index contributed by atoms with van der Waals surface area (Å²) >= 11 is 0. The quantitative estimate of drug-likeness (QED) is 0.305. The zero-order valence-corrected chi connectivity index (χ0v) is 17.7. The lowest BCUT2D eigenvalue weighted by atomic mass is 9.97. The molecule has 5 aromatic rings. The molecule has 6 rings (SSSR count). The van der Waals surface area contributed by atoms with Crippen molar-refractivity contribution >= 4 is 33.4 Å². The second kappa shape index (κ2) is 7.44. The number of aryl methyl sites for hydroxylation is 1. The number of aromatic nitrogens is 6. The van der Waals surface area contributed by atoms with E-state index in [1.165, 1.54) is 12.1 Å². The van der Waals surface area contributed by atoms with E-state index in [4.69, 9.17) is 0 Å². The number of nitrogens with zero attached hydrogens (tertiary/aromatic N) is 3. The highest BCUT2D eigenvalue weighted by atomic mass is 19.4. The summed E-state index contributed by atoms with van der Waals surface area (Å²) in [6, 6.07) is 9.76. The Bertz CT molecular complexity index is 1610. The highest BCUT2D eigenvalue weighted by Crippen LogP contribution is 2.40. The predicted molar refractivity (Wildman–Crippen MR) is 121 cm³/mol. The van der Waals surface area contributed by atoms with Gasteiger partial charge in [0, 0.05) is 22.2 Å². The van der Waals surface area contributed by atoms with Crippen molar-refractivity contribution in [2.75, 3.05) is 5.32 Å². The van der Waals surface area contributed by atoms with E-state index in [1.807, 2.05) is 6.07 Å². The van der Waals surface area contributed by atoms with Crippen molar-refractivity contribution in [3.8, 4) is 11.4 Å². The largest absolute Gasteiger partial charge is 0.417 e. The maximum atomic E-state index is 14.2. The maximum absolute atomic E-state index is 14.2. The van der Waals surface area contributed by atoms with Crippen LogP contribution in [0.1, 0.15) is 29.7 Å². The minimum atomic E-state index is -4.80. The normalized spacial score (nSPS) is 14.0. The number of hydrogen-bond acceptors (Lipinski definition) is 5. The molecule has 172 valence electrons. The number of alkyl halides is 3. The van der Waals surface area contributed by atoms with Crippen LogP contribution in [-0.4, -0.2) is 30.4 Å². The fourth-order valence-electron chi connectivity index (χ4n) is 4.60. The molecule has 4 N–H and O–H groups in total. The molecule has 3 heterocycles. The fraction of sp³-hybridized carbons (Fsp3) is 0.217. The van der Waals surface area contributed by atoms with E-state index in [9.17, 15) is 18.0 Å². The Kier molecular flexibility index (Phi) is 4.48. The second-order valence-electron chi connectivity index (χ2n) is 8.26. The zero-order chi connectivity index (χ0) is 23.4. The van der Waals surface area contributed by atoms with Gasteiger partial charge in [0.15, 0.2) is 11.6 Å². The molecule has 8 nitrogen and oxygen atoms in total. The lowest BCUT2D eigenvalue weighted by Crippen LogP contribution is -2.13. The topological polar surface area (TPSA) is 115 Å². The number of halogens is 3. The molecule has 34 heavy (non-hydrogen) atoms. The molecule has 11 heteroatoms. The number of hydrogen-bond donors (Lipinski definition) is 4.